The van der Waals surface area contributed by atoms with Crippen molar-refractivity contribution >= 4 is 5.97 Å². The van der Waals surface area contributed by atoms with Crippen molar-refractivity contribution in [2.45, 2.75) is 13.1 Å². The largest absolute Gasteiger partial charge is 0.477 e. The highest BCUT2D eigenvalue weighted by atomic mass is 16.4. The maximum Gasteiger partial charge on any atom is 0.342 e. The van der Waals surface area contributed by atoms with E-state index in [9.17, 15) is 14.4 Å². The van der Waals surface area contributed by atoms with E-state index >= 15 is 0 Å². The number of aromatic nitrogens is 2. The number of aromatic carboxylic acids is 1. The van der Waals surface area contributed by atoms with Gasteiger partial charge in [-0.3, -0.25) is 13.9 Å². The van der Waals surface area contributed by atoms with E-state index in [2.05, 4.69) is 13.2 Å². The van der Waals surface area contributed by atoms with Crippen LogP contribution in [0.4, 0.5) is 0 Å². The van der Waals surface area contributed by atoms with Gasteiger partial charge in [-0.2, -0.15) is 0 Å². The average molecular weight is 236 g/mol. The minimum atomic E-state index is -1.37. The predicted octanol–water partition coefficient (Wildman–Crippen LogP) is 0.0802. The zero-order valence-corrected chi connectivity index (χ0v) is 9.13. The molecule has 1 aromatic rings. The van der Waals surface area contributed by atoms with Crippen LogP contribution in [0.1, 0.15) is 10.4 Å². The van der Waals surface area contributed by atoms with Gasteiger partial charge in [0.05, 0.1) is 0 Å². The molecule has 1 heterocycles. The molecule has 0 unspecified atom stereocenters. The molecule has 0 fully saturated rings. The molecule has 0 spiro atoms. The highest BCUT2D eigenvalue weighted by Crippen LogP contribution is 1.91. The predicted molar refractivity (Wildman–Crippen MR) is 62.3 cm³/mol. The van der Waals surface area contributed by atoms with E-state index in [0.29, 0.717) is 0 Å². The van der Waals surface area contributed by atoms with Gasteiger partial charge in [-0.25, -0.2) is 9.59 Å². The van der Waals surface area contributed by atoms with Gasteiger partial charge in [0.15, 0.2) is 0 Å². The van der Waals surface area contributed by atoms with Crippen LogP contribution in [0.15, 0.2) is 41.1 Å². The van der Waals surface area contributed by atoms with E-state index in [1.54, 1.807) is 0 Å². The Labute approximate surface area is 96.7 Å². The maximum absolute atomic E-state index is 11.8. The third-order valence-corrected chi connectivity index (χ3v) is 2.10. The molecular weight excluding hydrogens is 224 g/mol. The quantitative estimate of drug-likeness (QED) is 0.734. The molecule has 0 aliphatic heterocycles. The van der Waals surface area contributed by atoms with Crippen molar-refractivity contribution in [1.29, 1.82) is 0 Å². The second-order valence-electron chi connectivity index (χ2n) is 3.28. The highest BCUT2D eigenvalue weighted by molar-refractivity contribution is 5.86. The van der Waals surface area contributed by atoms with Crippen LogP contribution in [-0.2, 0) is 13.1 Å². The summed E-state index contributed by atoms with van der Waals surface area (Å²) in [5.41, 5.74) is -1.86. The Morgan fingerprint density at radius 3 is 2.35 bits per heavy atom. The fourth-order valence-electron chi connectivity index (χ4n) is 1.36. The summed E-state index contributed by atoms with van der Waals surface area (Å²) in [6, 6.07) is 0. The summed E-state index contributed by atoms with van der Waals surface area (Å²) in [4.78, 5) is 34.3. The number of carbonyl (C=O) groups is 1. The molecule has 0 radical (unpaired) electrons. The average Bonchev–Trinajstić information content (AvgIpc) is 2.27. The van der Waals surface area contributed by atoms with E-state index in [1.165, 1.54) is 12.2 Å². The molecule has 1 N–H and O–H groups in total. The zero-order valence-electron chi connectivity index (χ0n) is 9.13. The number of carboxylic acid groups (broad SMARTS) is 1. The van der Waals surface area contributed by atoms with Gasteiger partial charge in [0.25, 0.3) is 5.56 Å². The lowest BCUT2D eigenvalue weighted by molar-refractivity contribution is 0.0692. The number of rotatable bonds is 5. The minimum absolute atomic E-state index is 0.0318. The molecule has 0 saturated heterocycles. The van der Waals surface area contributed by atoms with Crippen LogP contribution in [0.2, 0.25) is 0 Å². The summed E-state index contributed by atoms with van der Waals surface area (Å²) in [7, 11) is 0. The molecule has 1 aromatic heterocycles. The third-order valence-electron chi connectivity index (χ3n) is 2.10. The summed E-state index contributed by atoms with van der Waals surface area (Å²) in [6.07, 6.45) is 3.82. The van der Waals surface area contributed by atoms with Gasteiger partial charge in [0.1, 0.15) is 5.56 Å². The van der Waals surface area contributed by atoms with Gasteiger partial charge in [-0.1, -0.05) is 12.2 Å². The Hall–Kier alpha value is -2.37. The summed E-state index contributed by atoms with van der Waals surface area (Å²) in [6.45, 7) is 6.97. The molecular formula is C11H12N2O4. The van der Waals surface area contributed by atoms with E-state index < -0.39 is 22.8 Å². The van der Waals surface area contributed by atoms with Crippen LogP contribution in [0, 0.1) is 0 Å². The Bertz CT molecular complexity index is 580. The van der Waals surface area contributed by atoms with Crippen LogP contribution >= 0.6 is 0 Å². The standard InChI is InChI=1S/C11H12N2O4/c1-3-5-12-7-8(10(15)16)9(14)13(6-4-2)11(12)17/h3-4,7H,1-2,5-6H2,(H,15,16). The van der Waals surface area contributed by atoms with Gasteiger partial charge in [0, 0.05) is 19.3 Å². The molecule has 6 heteroatoms. The number of allylic oxidation sites excluding steroid dienone is 2. The smallest absolute Gasteiger partial charge is 0.342 e. The van der Waals surface area contributed by atoms with E-state index in [0.717, 1.165) is 15.3 Å². The lowest BCUT2D eigenvalue weighted by Gasteiger charge is -2.08. The molecule has 0 aromatic carbocycles. The second kappa shape index (κ2) is 5.11. The zero-order chi connectivity index (χ0) is 13.0. The maximum atomic E-state index is 11.8. The van der Waals surface area contributed by atoms with E-state index in [-0.39, 0.29) is 13.1 Å². The second-order valence-corrected chi connectivity index (χ2v) is 3.28. The monoisotopic (exact) mass is 236 g/mol. The number of carboxylic acids is 1. The minimum Gasteiger partial charge on any atom is -0.477 e. The van der Waals surface area contributed by atoms with Crippen molar-refractivity contribution in [1.82, 2.24) is 9.13 Å². The first-order valence-corrected chi connectivity index (χ1v) is 4.82. The van der Waals surface area contributed by atoms with Gasteiger partial charge in [0.2, 0.25) is 0 Å². The fraction of sp³-hybridized carbons (Fsp3) is 0.182. The van der Waals surface area contributed by atoms with Crippen molar-refractivity contribution in [3.8, 4) is 0 Å². The summed E-state index contributed by atoms with van der Waals surface area (Å²) >= 11 is 0. The Morgan fingerprint density at radius 2 is 1.88 bits per heavy atom. The Morgan fingerprint density at radius 1 is 1.29 bits per heavy atom. The van der Waals surface area contributed by atoms with E-state index in [4.69, 9.17) is 5.11 Å². The molecule has 0 aliphatic rings. The first-order chi connectivity index (χ1) is 8.02. The molecule has 0 aliphatic carbocycles. The molecule has 6 nitrogen and oxygen atoms in total. The van der Waals surface area contributed by atoms with Crippen molar-refractivity contribution in [2.75, 3.05) is 0 Å². The van der Waals surface area contributed by atoms with Crippen LogP contribution in [0.25, 0.3) is 0 Å². The highest BCUT2D eigenvalue weighted by Gasteiger charge is 2.15. The summed E-state index contributed by atoms with van der Waals surface area (Å²) < 4.78 is 1.93. The molecule has 0 saturated carbocycles. The van der Waals surface area contributed by atoms with Crippen molar-refractivity contribution in [3.63, 3.8) is 0 Å². The molecule has 0 atom stereocenters. The number of hydrogen-bond acceptors (Lipinski definition) is 3. The van der Waals surface area contributed by atoms with Gasteiger partial charge >= 0.3 is 11.7 Å². The van der Waals surface area contributed by atoms with Gasteiger partial charge < -0.3 is 5.11 Å². The fourth-order valence-corrected chi connectivity index (χ4v) is 1.36. The molecule has 0 bridgehead atoms. The molecule has 1 rings (SSSR count). The SMILES string of the molecule is C=CCn1cc(C(=O)O)c(=O)n(CC=C)c1=O. The van der Waals surface area contributed by atoms with Crippen LogP contribution < -0.4 is 11.2 Å². The summed E-state index contributed by atoms with van der Waals surface area (Å²) in [5.74, 6) is -1.37. The topological polar surface area (TPSA) is 81.3 Å². The Balaban J connectivity index is 3.62. The van der Waals surface area contributed by atoms with Crippen molar-refractivity contribution < 1.29 is 9.90 Å². The summed E-state index contributed by atoms with van der Waals surface area (Å²) in [5, 5.41) is 8.86. The first kappa shape index (κ1) is 12.7. The molecule has 17 heavy (non-hydrogen) atoms. The van der Waals surface area contributed by atoms with Gasteiger partial charge in [-0.05, 0) is 0 Å². The van der Waals surface area contributed by atoms with Gasteiger partial charge in [-0.15, -0.1) is 13.2 Å². The van der Waals surface area contributed by atoms with Crippen LogP contribution in [-0.4, -0.2) is 20.2 Å². The van der Waals surface area contributed by atoms with Crippen molar-refractivity contribution in [3.05, 3.63) is 57.9 Å². The van der Waals surface area contributed by atoms with Crippen LogP contribution in [0.3, 0.4) is 0 Å². The van der Waals surface area contributed by atoms with Crippen LogP contribution in [0.5, 0.6) is 0 Å². The number of hydrogen-bond donors (Lipinski definition) is 1. The normalized spacial score (nSPS) is 9.88. The molecule has 0 amide bonds. The molecule has 90 valence electrons. The number of nitrogens with zero attached hydrogens (tertiary/aromatic N) is 2. The third kappa shape index (κ3) is 2.41. The van der Waals surface area contributed by atoms with E-state index in [1.807, 2.05) is 0 Å². The Kier molecular flexibility index (Phi) is 3.82. The van der Waals surface area contributed by atoms with Crippen molar-refractivity contribution in [2.24, 2.45) is 0 Å². The lowest BCUT2D eigenvalue weighted by atomic mass is 10.3. The first-order valence-electron chi connectivity index (χ1n) is 4.82. The lowest BCUT2D eigenvalue weighted by Crippen LogP contribution is -2.42.